The van der Waals surface area contributed by atoms with E-state index >= 15 is 0 Å². The molecule has 0 bridgehead atoms. The molecule has 0 fully saturated rings. The first kappa shape index (κ1) is 12.9. The predicted octanol–water partition coefficient (Wildman–Crippen LogP) is 0.913. The van der Waals surface area contributed by atoms with E-state index in [9.17, 15) is 9.59 Å². The van der Waals surface area contributed by atoms with Gasteiger partial charge in [0.05, 0.1) is 12.7 Å². The highest BCUT2D eigenvalue weighted by Crippen LogP contribution is 2.07. The summed E-state index contributed by atoms with van der Waals surface area (Å²) in [4.78, 5) is 22.2. The van der Waals surface area contributed by atoms with Gasteiger partial charge >= 0.3 is 5.97 Å². The van der Waals surface area contributed by atoms with Crippen LogP contribution in [0, 0.1) is 6.92 Å². The third-order valence-corrected chi connectivity index (χ3v) is 2.43. The number of nitrogens with zero attached hydrogens (tertiary/aromatic N) is 2. The molecule has 0 aliphatic carbocycles. The first-order valence-corrected chi connectivity index (χ1v) is 5.66. The Balaban J connectivity index is 1.85. The van der Waals surface area contributed by atoms with Crippen molar-refractivity contribution in [2.45, 2.75) is 13.5 Å². The molecule has 7 nitrogen and oxygen atoms in total. The van der Waals surface area contributed by atoms with Crippen molar-refractivity contribution in [3.63, 3.8) is 0 Å². The van der Waals surface area contributed by atoms with E-state index in [4.69, 9.17) is 9.52 Å². The molecule has 1 amide bonds. The lowest BCUT2D eigenvalue weighted by Crippen LogP contribution is -2.27. The van der Waals surface area contributed by atoms with Crippen molar-refractivity contribution in [2.24, 2.45) is 0 Å². The fraction of sp³-hybridized carbons (Fsp3) is 0.250. The molecule has 0 aliphatic heterocycles. The summed E-state index contributed by atoms with van der Waals surface area (Å²) in [6, 6.07) is 2.57. The molecule has 0 saturated heterocycles. The van der Waals surface area contributed by atoms with Gasteiger partial charge in [-0.3, -0.25) is 9.48 Å². The van der Waals surface area contributed by atoms with Crippen LogP contribution in [0.5, 0.6) is 0 Å². The minimum atomic E-state index is -1.20. The average molecular weight is 263 g/mol. The summed E-state index contributed by atoms with van der Waals surface area (Å²) >= 11 is 0. The maximum absolute atomic E-state index is 11.6. The molecule has 0 radical (unpaired) electrons. The lowest BCUT2D eigenvalue weighted by atomic mass is 10.4. The van der Waals surface area contributed by atoms with Crippen LogP contribution in [0.15, 0.2) is 28.9 Å². The van der Waals surface area contributed by atoms with Crippen molar-refractivity contribution in [2.75, 3.05) is 6.54 Å². The largest absolute Gasteiger partial charge is 0.475 e. The Hall–Kier alpha value is -2.57. The van der Waals surface area contributed by atoms with Crippen molar-refractivity contribution < 1.29 is 19.1 Å². The van der Waals surface area contributed by atoms with Crippen molar-refractivity contribution >= 4 is 11.9 Å². The second-order valence-corrected chi connectivity index (χ2v) is 4.01. The van der Waals surface area contributed by atoms with Gasteiger partial charge in [0.2, 0.25) is 5.76 Å². The number of furan rings is 1. The zero-order valence-electron chi connectivity index (χ0n) is 10.3. The molecule has 0 aliphatic rings. The number of amides is 1. The highest BCUT2D eigenvalue weighted by molar-refractivity contribution is 5.93. The van der Waals surface area contributed by atoms with Gasteiger partial charge in [0, 0.05) is 12.7 Å². The third-order valence-electron chi connectivity index (χ3n) is 2.43. The van der Waals surface area contributed by atoms with Gasteiger partial charge in [0.25, 0.3) is 5.91 Å². The fourth-order valence-electron chi connectivity index (χ4n) is 1.54. The van der Waals surface area contributed by atoms with Crippen LogP contribution >= 0.6 is 0 Å². The SMILES string of the molecule is Cc1cnn(CCNC(=O)c2ccc(C(=O)O)o2)c1. The second-order valence-electron chi connectivity index (χ2n) is 4.01. The van der Waals surface area contributed by atoms with E-state index in [1.807, 2.05) is 13.1 Å². The Morgan fingerprint density at radius 3 is 2.74 bits per heavy atom. The van der Waals surface area contributed by atoms with E-state index in [0.29, 0.717) is 13.1 Å². The van der Waals surface area contributed by atoms with Crippen LogP contribution < -0.4 is 5.32 Å². The van der Waals surface area contributed by atoms with Crippen LogP contribution in [-0.2, 0) is 6.54 Å². The van der Waals surface area contributed by atoms with Crippen LogP contribution in [-0.4, -0.2) is 33.3 Å². The molecule has 19 heavy (non-hydrogen) atoms. The molecule has 0 aromatic carbocycles. The minimum Gasteiger partial charge on any atom is -0.475 e. The van der Waals surface area contributed by atoms with Gasteiger partial charge in [-0.25, -0.2) is 4.79 Å². The predicted molar refractivity (Wildman–Crippen MR) is 65.0 cm³/mol. The number of rotatable bonds is 5. The number of carbonyl (C=O) groups excluding carboxylic acids is 1. The molecule has 0 atom stereocenters. The zero-order valence-corrected chi connectivity index (χ0v) is 10.3. The van der Waals surface area contributed by atoms with Gasteiger partial charge in [-0.15, -0.1) is 0 Å². The third kappa shape index (κ3) is 3.21. The molecular formula is C12H13N3O4. The maximum Gasteiger partial charge on any atom is 0.371 e. The average Bonchev–Trinajstić information content (AvgIpc) is 2.98. The van der Waals surface area contributed by atoms with E-state index in [0.717, 1.165) is 5.56 Å². The number of hydrogen-bond donors (Lipinski definition) is 2. The molecule has 0 spiro atoms. The van der Waals surface area contributed by atoms with Gasteiger partial charge < -0.3 is 14.8 Å². The molecule has 100 valence electrons. The summed E-state index contributed by atoms with van der Waals surface area (Å²) in [5.41, 5.74) is 1.04. The van der Waals surface area contributed by atoms with Gasteiger partial charge in [0.15, 0.2) is 5.76 Å². The monoisotopic (exact) mass is 263 g/mol. The summed E-state index contributed by atoms with van der Waals surface area (Å²) in [5, 5.41) is 15.4. The molecule has 2 N–H and O–H groups in total. The second kappa shape index (κ2) is 5.38. The Morgan fingerprint density at radius 2 is 2.16 bits per heavy atom. The lowest BCUT2D eigenvalue weighted by molar-refractivity contribution is 0.0659. The lowest BCUT2D eigenvalue weighted by Gasteiger charge is -2.03. The van der Waals surface area contributed by atoms with E-state index < -0.39 is 11.9 Å². The van der Waals surface area contributed by atoms with Crippen LogP contribution in [0.3, 0.4) is 0 Å². The first-order chi connectivity index (χ1) is 9.06. The van der Waals surface area contributed by atoms with Crippen LogP contribution in [0.1, 0.15) is 26.7 Å². The van der Waals surface area contributed by atoms with E-state index in [2.05, 4.69) is 10.4 Å². The minimum absolute atomic E-state index is 0.0194. The highest BCUT2D eigenvalue weighted by Gasteiger charge is 2.14. The summed E-state index contributed by atoms with van der Waals surface area (Å²) in [7, 11) is 0. The molecule has 0 saturated carbocycles. The molecule has 0 unspecified atom stereocenters. The molecule has 2 aromatic rings. The Morgan fingerprint density at radius 1 is 1.42 bits per heavy atom. The van der Waals surface area contributed by atoms with E-state index in [1.165, 1.54) is 12.1 Å². The summed E-state index contributed by atoms with van der Waals surface area (Å²) in [5.74, 6) is -1.93. The maximum atomic E-state index is 11.6. The van der Waals surface area contributed by atoms with Crippen LogP contribution in [0.2, 0.25) is 0 Å². The fourth-order valence-corrected chi connectivity index (χ4v) is 1.54. The van der Waals surface area contributed by atoms with E-state index in [1.54, 1.807) is 10.9 Å². The number of carbonyl (C=O) groups is 2. The molecule has 2 aromatic heterocycles. The molecule has 7 heteroatoms. The quantitative estimate of drug-likeness (QED) is 0.835. The number of carboxylic acid groups (broad SMARTS) is 1. The Kier molecular flexibility index (Phi) is 3.65. The zero-order chi connectivity index (χ0) is 13.8. The van der Waals surface area contributed by atoms with Crippen molar-refractivity contribution in [3.8, 4) is 0 Å². The van der Waals surface area contributed by atoms with Gasteiger partial charge in [-0.2, -0.15) is 5.10 Å². The van der Waals surface area contributed by atoms with Crippen molar-refractivity contribution in [3.05, 3.63) is 41.6 Å². The van der Waals surface area contributed by atoms with Crippen molar-refractivity contribution in [1.29, 1.82) is 0 Å². The number of carboxylic acids is 1. The van der Waals surface area contributed by atoms with Crippen LogP contribution in [0.25, 0.3) is 0 Å². The van der Waals surface area contributed by atoms with Crippen LogP contribution in [0.4, 0.5) is 0 Å². The summed E-state index contributed by atoms with van der Waals surface area (Å²) < 4.78 is 6.59. The number of aromatic carboxylic acids is 1. The van der Waals surface area contributed by atoms with Gasteiger partial charge in [-0.1, -0.05) is 0 Å². The molecule has 2 rings (SSSR count). The normalized spacial score (nSPS) is 10.4. The summed E-state index contributed by atoms with van der Waals surface area (Å²) in [6.07, 6.45) is 3.59. The Bertz CT molecular complexity index is 600. The van der Waals surface area contributed by atoms with Gasteiger partial charge in [-0.05, 0) is 24.6 Å². The molecular weight excluding hydrogens is 250 g/mol. The number of aryl methyl sites for hydroxylation is 1. The summed E-state index contributed by atoms with van der Waals surface area (Å²) in [6.45, 7) is 2.84. The molecule has 2 heterocycles. The van der Waals surface area contributed by atoms with Gasteiger partial charge in [0.1, 0.15) is 0 Å². The number of aromatic nitrogens is 2. The van der Waals surface area contributed by atoms with Crippen molar-refractivity contribution in [1.82, 2.24) is 15.1 Å². The number of hydrogen-bond acceptors (Lipinski definition) is 4. The Labute approximate surface area is 108 Å². The smallest absolute Gasteiger partial charge is 0.371 e. The topological polar surface area (TPSA) is 97.4 Å². The first-order valence-electron chi connectivity index (χ1n) is 5.66. The standard InChI is InChI=1S/C12H13N3O4/c1-8-6-14-15(7-8)5-4-13-11(16)9-2-3-10(19-9)12(17)18/h2-3,6-7H,4-5H2,1H3,(H,13,16)(H,17,18). The highest BCUT2D eigenvalue weighted by atomic mass is 16.4. The van der Waals surface area contributed by atoms with E-state index in [-0.39, 0.29) is 11.5 Å². The number of nitrogens with one attached hydrogen (secondary N) is 1.